The highest BCUT2D eigenvalue weighted by molar-refractivity contribution is 7.10. The third-order valence-electron chi connectivity index (χ3n) is 2.45. The molecular weight excluding hydrogens is 192 g/mol. The summed E-state index contributed by atoms with van der Waals surface area (Å²) in [6.45, 7) is 1.86. The maximum atomic E-state index is 10.1. The average molecular weight is 203 g/mol. The largest absolute Gasteiger partial charge is 0.384 e. The lowest BCUT2D eigenvalue weighted by Crippen LogP contribution is -2.22. The Kier molecular flexibility index (Phi) is 1.94. The lowest BCUT2D eigenvalue weighted by Gasteiger charge is -2.21. The highest BCUT2D eigenvalue weighted by Crippen LogP contribution is 2.48. The molecule has 1 N–H and O–H groups in total. The fraction of sp³-hybridized carbons (Fsp3) is 0.556. The van der Waals surface area contributed by atoms with Crippen LogP contribution in [0.25, 0.3) is 0 Å². The standard InChI is InChI=1S/C9H11ClOS/c1-9(11,6-2-3-6)8-7(10)4-5-12-8/h4-6,11H,2-3H2,1H3. The summed E-state index contributed by atoms with van der Waals surface area (Å²) < 4.78 is 0. The van der Waals surface area contributed by atoms with Crippen molar-refractivity contribution in [2.45, 2.75) is 25.4 Å². The molecule has 0 spiro atoms. The van der Waals surface area contributed by atoms with Gasteiger partial charge in [0, 0.05) is 0 Å². The van der Waals surface area contributed by atoms with Crippen molar-refractivity contribution in [3.63, 3.8) is 0 Å². The molecule has 12 heavy (non-hydrogen) atoms. The summed E-state index contributed by atoms with van der Waals surface area (Å²) in [5, 5.41) is 12.8. The van der Waals surface area contributed by atoms with Crippen LogP contribution in [0.2, 0.25) is 5.02 Å². The number of hydrogen-bond acceptors (Lipinski definition) is 2. The first kappa shape index (κ1) is 8.54. The Hall–Kier alpha value is -0.0500. The molecule has 0 aliphatic heterocycles. The summed E-state index contributed by atoms with van der Waals surface area (Å²) in [7, 11) is 0. The lowest BCUT2D eigenvalue weighted by molar-refractivity contribution is 0.0369. The first-order valence-corrected chi connectivity index (χ1v) is 5.34. The zero-order valence-corrected chi connectivity index (χ0v) is 8.45. The van der Waals surface area contributed by atoms with Gasteiger partial charge in [-0.2, -0.15) is 0 Å². The van der Waals surface area contributed by atoms with Crippen LogP contribution in [0.1, 0.15) is 24.6 Å². The van der Waals surface area contributed by atoms with Crippen LogP contribution in [-0.2, 0) is 5.60 Å². The van der Waals surface area contributed by atoms with E-state index in [4.69, 9.17) is 11.6 Å². The smallest absolute Gasteiger partial charge is 0.100 e. The molecule has 0 aromatic carbocycles. The van der Waals surface area contributed by atoms with Gasteiger partial charge in [-0.15, -0.1) is 11.3 Å². The van der Waals surface area contributed by atoms with Gasteiger partial charge in [0.05, 0.1) is 9.90 Å². The predicted octanol–water partition coefficient (Wildman–Crippen LogP) is 3.02. The fourth-order valence-electron chi connectivity index (χ4n) is 1.49. The molecule has 1 aromatic heterocycles. The zero-order valence-electron chi connectivity index (χ0n) is 6.88. The van der Waals surface area contributed by atoms with Crippen LogP contribution < -0.4 is 0 Å². The molecule has 66 valence electrons. The van der Waals surface area contributed by atoms with E-state index in [1.807, 2.05) is 18.4 Å². The number of rotatable bonds is 2. The van der Waals surface area contributed by atoms with Gasteiger partial charge in [0.2, 0.25) is 0 Å². The Morgan fingerprint density at radius 3 is 2.75 bits per heavy atom. The molecule has 1 aromatic rings. The molecule has 1 saturated carbocycles. The third kappa shape index (κ3) is 1.28. The van der Waals surface area contributed by atoms with Crippen LogP contribution in [0.3, 0.4) is 0 Å². The number of thiophene rings is 1. The Morgan fingerprint density at radius 1 is 1.67 bits per heavy atom. The Morgan fingerprint density at radius 2 is 2.33 bits per heavy atom. The number of halogens is 1. The molecule has 1 fully saturated rings. The van der Waals surface area contributed by atoms with Gasteiger partial charge in [-0.05, 0) is 37.1 Å². The molecular formula is C9H11ClOS. The van der Waals surface area contributed by atoms with E-state index < -0.39 is 5.60 Å². The monoisotopic (exact) mass is 202 g/mol. The van der Waals surface area contributed by atoms with E-state index in [-0.39, 0.29) is 0 Å². The highest BCUT2D eigenvalue weighted by Gasteiger charge is 2.42. The van der Waals surface area contributed by atoms with E-state index >= 15 is 0 Å². The maximum Gasteiger partial charge on any atom is 0.100 e. The molecule has 0 amide bonds. The van der Waals surface area contributed by atoms with Crippen molar-refractivity contribution in [2.75, 3.05) is 0 Å². The van der Waals surface area contributed by atoms with Crippen LogP contribution in [-0.4, -0.2) is 5.11 Å². The van der Waals surface area contributed by atoms with E-state index in [9.17, 15) is 5.11 Å². The van der Waals surface area contributed by atoms with Crippen molar-refractivity contribution in [1.82, 2.24) is 0 Å². The van der Waals surface area contributed by atoms with Gasteiger partial charge < -0.3 is 5.11 Å². The van der Waals surface area contributed by atoms with Gasteiger partial charge in [-0.3, -0.25) is 0 Å². The minimum Gasteiger partial charge on any atom is -0.384 e. The molecule has 1 aliphatic carbocycles. The molecule has 3 heteroatoms. The topological polar surface area (TPSA) is 20.2 Å². The average Bonchev–Trinajstić information content (AvgIpc) is 2.75. The van der Waals surface area contributed by atoms with Gasteiger partial charge in [0.25, 0.3) is 0 Å². The van der Waals surface area contributed by atoms with Gasteiger partial charge in [-0.1, -0.05) is 11.6 Å². The van der Waals surface area contributed by atoms with Gasteiger partial charge in [0.15, 0.2) is 0 Å². The molecule has 1 atom stereocenters. The molecule has 1 unspecified atom stereocenters. The quantitative estimate of drug-likeness (QED) is 0.782. The minimum absolute atomic E-state index is 0.425. The second kappa shape index (κ2) is 2.72. The zero-order chi connectivity index (χ0) is 8.77. The third-order valence-corrected chi connectivity index (χ3v) is 4.02. The van der Waals surface area contributed by atoms with E-state index in [1.165, 1.54) is 0 Å². The SMILES string of the molecule is CC(O)(c1sccc1Cl)C1CC1. The van der Waals surface area contributed by atoms with E-state index in [0.29, 0.717) is 10.9 Å². The van der Waals surface area contributed by atoms with Crippen molar-refractivity contribution in [1.29, 1.82) is 0 Å². The van der Waals surface area contributed by atoms with E-state index in [0.717, 1.165) is 17.7 Å². The normalized spacial score (nSPS) is 22.2. The number of aliphatic hydroxyl groups is 1. The second-order valence-corrected chi connectivity index (χ2v) is 4.84. The van der Waals surface area contributed by atoms with Gasteiger partial charge in [-0.25, -0.2) is 0 Å². The number of hydrogen-bond donors (Lipinski definition) is 1. The minimum atomic E-state index is -0.689. The highest BCUT2D eigenvalue weighted by atomic mass is 35.5. The predicted molar refractivity (Wildman–Crippen MR) is 51.6 cm³/mol. The summed E-state index contributed by atoms with van der Waals surface area (Å²) in [6, 6.07) is 1.85. The Bertz CT molecular complexity index is 288. The molecule has 2 rings (SSSR count). The van der Waals surface area contributed by atoms with Crippen LogP contribution in [0, 0.1) is 5.92 Å². The Balaban J connectivity index is 2.33. The lowest BCUT2D eigenvalue weighted by atomic mass is 9.99. The summed E-state index contributed by atoms with van der Waals surface area (Å²) in [6.07, 6.45) is 2.25. The molecule has 0 bridgehead atoms. The summed E-state index contributed by atoms with van der Waals surface area (Å²) in [5.74, 6) is 0.425. The van der Waals surface area contributed by atoms with Crippen LogP contribution in [0.15, 0.2) is 11.4 Å². The Labute approximate surface area is 81.0 Å². The van der Waals surface area contributed by atoms with Crippen LogP contribution >= 0.6 is 22.9 Å². The summed E-state index contributed by atoms with van der Waals surface area (Å²) >= 11 is 7.49. The summed E-state index contributed by atoms with van der Waals surface area (Å²) in [4.78, 5) is 0.923. The molecule has 1 aliphatic rings. The van der Waals surface area contributed by atoms with Crippen molar-refractivity contribution in [3.8, 4) is 0 Å². The van der Waals surface area contributed by atoms with Crippen LogP contribution in [0.5, 0.6) is 0 Å². The maximum absolute atomic E-state index is 10.1. The molecule has 0 radical (unpaired) electrons. The summed E-state index contributed by atoms with van der Waals surface area (Å²) in [5.41, 5.74) is -0.689. The van der Waals surface area contributed by atoms with Crippen LogP contribution in [0.4, 0.5) is 0 Å². The van der Waals surface area contributed by atoms with E-state index in [1.54, 1.807) is 11.3 Å². The van der Waals surface area contributed by atoms with Gasteiger partial charge >= 0.3 is 0 Å². The molecule has 1 nitrogen and oxygen atoms in total. The molecule has 0 saturated heterocycles. The first-order chi connectivity index (χ1) is 5.62. The van der Waals surface area contributed by atoms with E-state index in [2.05, 4.69) is 0 Å². The van der Waals surface area contributed by atoms with Crippen molar-refractivity contribution < 1.29 is 5.11 Å². The van der Waals surface area contributed by atoms with Gasteiger partial charge in [0.1, 0.15) is 5.60 Å². The van der Waals surface area contributed by atoms with Crippen molar-refractivity contribution in [2.24, 2.45) is 5.92 Å². The fourth-order valence-corrected chi connectivity index (χ4v) is 2.87. The molecule has 1 heterocycles. The first-order valence-electron chi connectivity index (χ1n) is 4.08. The van der Waals surface area contributed by atoms with Crippen molar-refractivity contribution in [3.05, 3.63) is 21.3 Å². The second-order valence-electron chi connectivity index (χ2n) is 3.52. The van der Waals surface area contributed by atoms with Crippen molar-refractivity contribution >= 4 is 22.9 Å².